The van der Waals surface area contributed by atoms with Gasteiger partial charge in [-0.25, -0.2) is 0 Å². The van der Waals surface area contributed by atoms with E-state index in [4.69, 9.17) is 0 Å². The van der Waals surface area contributed by atoms with Crippen LogP contribution in [-0.4, -0.2) is 11.0 Å². The van der Waals surface area contributed by atoms with Crippen LogP contribution in [0, 0.1) is 0 Å². The molecular weight excluding hydrogens is 127 g/mol. The van der Waals surface area contributed by atoms with Crippen LogP contribution in [0.1, 0.15) is 12.8 Å². The molecule has 8 heavy (non-hydrogen) atoms. The first-order valence-corrected chi connectivity index (χ1v) is 3.73. The monoisotopic (exact) mass is 132 g/mol. The van der Waals surface area contributed by atoms with Crippen LogP contribution in [0.5, 0.6) is 0 Å². The summed E-state index contributed by atoms with van der Waals surface area (Å²) in [5, 5.41) is 0. The summed E-state index contributed by atoms with van der Waals surface area (Å²) in [5.74, 6) is 0. The zero-order chi connectivity index (χ0) is 6.15. The summed E-state index contributed by atoms with van der Waals surface area (Å²) in [4.78, 5) is 20.6. The van der Waals surface area contributed by atoms with Gasteiger partial charge in [0.05, 0.1) is 0 Å². The molecule has 3 nitrogen and oxygen atoms in total. The molecule has 0 unspecified atom stereocenters. The first-order chi connectivity index (χ1) is 3.72. The van der Waals surface area contributed by atoms with Crippen molar-refractivity contribution >= 4 is 18.8 Å². The fraction of sp³-hybridized carbons (Fsp3) is 0.500. The molecule has 0 saturated carbocycles. The molecule has 0 radical (unpaired) electrons. The average molecular weight is 132 g/mol. The Labute approximate surface area is 46.9 Å². The van der Waals surface area contributed by atoms with Gasteiger partial charge in [0.15, 0.2) is 18.8 Å². The number of carbonyl (C=O) groups is 2. The summed E-state index contributed by atoms with van der Waals surface area (Å²) in [6.07, 6.45) is 0.410. The highest BCUT2D eigenvalue weighted by Gasteiger charge is 2.27. The van der Waals surface area contributed by atoms with Gasteiger partial charge in [-0.3, -0.25) is 9.59 Å². The Morgan fingerprint density at radius 3 is 1.62 bits per heavy atom. The van der Waals surface area contributed by atoms with E-state index in [0.29, 0.717) is 0 Å². The Kier molecular flexibility index (Phi) is 1.30. The van der Waals surface area contributed by atoms with Gasteiger partial charge in [0.25, 0.3) is 0 Å². The maximum Gasteiger partial charge on any atom is 0.200 e. The van der Waals surface area contributed by atoms with E-state index in [2.05, 4.69) is 0 Å². The molecule has 0 aromatic carbocycles. The molecule has 0 amide bonds. The summed E-state index contributed by atoms with van der Waals surface area (Å²) in [7, 11) is -2.44. The molecule has 1 heterocycles. The number of hydrogen-bond acceptors (Lipinski definition) is 3. The van der Waals surface area contributed by atoms with Crippen LogP contribution in [-0.2, 0) is 14.2 Å². The predicted octanol–water partition coefficient (Wildman–Crippen LogP) is 0.393. The van der Waals surface area contributed by atoms with E-state index in [-0.39, 0.29) is 23.9 Å². The van der Waals surface area contributed by atoms with Crippen molar-refractivity contribution in [1.29, 1.82) is 0 Å². The van der Waals surface area contributed by atoms with Crippen molar-refractivity contribution in [3.05, 3.63) is 0 Å². The van der Waals surface area contributed by atoms with Crippen molar-refractivity contribution in [3.8, 4) is 0 Å². The molecule has 1 aliphatic heterocycles. The van der Waals surface area contributed by atoms with E-state index < -0.39 is 7.80 Å². The van der Waals surface area contributed by atoms with Crippen molar-refractivity contribution < 1.29 is 14.2 Å². The Bertz CT molecular complexity index is 154. The van der Waals surface area contributed by atoms with Gasteiger partial charge in [-0.15, -0.1) is 0 Å². The average Bonchev–Trinajstić information content (AvgIpc) is 1.98. The van der Waals surface area contributed by atoms with Gasteiger partial charge in [-0.1, -0.05) is 0 Å². The molecular formula is C4H5O3P. The minimum absolute atomic E-state index is 0.205. The Morgan fingerprint density at radius 1 is 1.12 bits per heavy atom. The molecule has 0 atom stereocenters. The van der Waals surface area contributed by atoms with Crippen molar-refractivity contribution in [2.75, 3.05) is 0 Å². The molecule has 44 valence electrons. The zero-order valence-corrected chi connectivity index (χ0v) is 5.14. The molecule has 0 aliphatic carbocycles. The van der Waals surface area contributed by atoms with E-state index in [1.54, 1.807) is 0 Å². The van der Waals surface area contributed by atoms with Crippen molar-refractivity contribution in [2.24, 2.45) is 0 Å². The first kappa shape index (κ1) is 5.70. The summed E-state index contributed by atoms with van der Waals surface area (Å²) in [6.45, 7) is 0. The SMILES string of the molecule is O=C1CCC(=O)[PH]1=O. The smallest absolute Gasteiger partial charge is 0.200 e. The van der Waals surface area contributed by atoms with Gasteiger partial charge in [0.1, 0.15) is 0 Å². The molecule has 0 N–H and O–H groups in total. The maximum atomic E-state index is 10.4. The second-order valence-electron chi connectivity index (χ2n) is 1.68. The van der Waals surface area contributed by atoms with Gasteiger partial charge >= 0.3 is 0 Å². The Hall–Kier alpha value is -0.430. The van der Waals surface area contributed by atoms with Crippen molar-refractivity contribution in [2.45, 2.75) is 12.8 Å². The molecule has 0 aromatic rings. The molecule has 0 bridgehead atoms. The maximum absolute atomic E-state index is 10.4. The predicted molar refractivity (Wildman–Crippen MR) is 28.2 cm³/mol. The minimum atomic E-state index is -2.44. The lowest BCUT2D eigenvalue weighted by atomic mass is 10.4. The van der Waals surface area contributed by atoms with E-state index in [1.165, 1.54) is 0 Å². The van der Waals surface area contributed by atoms with Gasteiger partial charge < -0.3 is 4.57 Å². The highest BCUT2D eigenvalue weighted by atomic mass is 31.1. The second kappa shape index (κ2) is 1.82. The highest BCUT2D eigenvalue weighted by molar-refractivity contribution is 7.79. The van der Waals surface area contributed by atoms with Crippen LogP contribution in [0.4, 0.5) is 0 Å². The summed E-state index contributed by atoms with van der Waals surface area (Å²) in [5.41, 5.74) is -0.694. The molecule has 4 heteroatoms. The number of carbonyl (C=O) groups excluding carboxylic acids is 2. The quantitative estimate of drug-likeness (QED) is 0.448. The van der Waals surface area contributed by atoms with Crippen LogP contribution in [0.25, 0.3) is 0 Å². The van der Waals surface area contributed by atoms with Crippen LogP contribution < -0.4 is 0 Å². The fourth-order valence-electron chi connectivity index (χ4n) is 0.610. The molecule has 1 fully saturated rings. The fourth-order valence-corrected chi connectivity index (χ4v) is 1.62. The summed E-state index contributed by atoms with van der Waals surface area (Å²) < 4.78 is 10.4. The van der Waals surface area contributed by atoms with E-state index in [9.17, 15) is 14.2 Å². The van der Waals surface area contributed by atoms with Crippen molar-refractivity contribution in [1.82, 2.24) is 0 Å². The van der Waals surface area contributed by atoms with E-state index in [1.807, 2.05) is 0 Å². The van der Waals surface area contributed by atoms with Crippen molar-refractivity contribution in [3.63, 3.8) is 0 Å². The summed E-state index contributed by atoms with van der Waals surface area (Å²) in [6, 6.07) is 0. The largest absolute Gasteiger partial charge is 0.311 e. The third-order valence-electron chi connectivity index (χ3n) is 1.09. The normalized spacial score (nSPS) is 22.5. The number of rotatable bonds is 0. The van der Waals surface area contributed by atoms with Gasteiger partial charge in [0, 0.05) is 12.8 Å². The molecule has 0 spiro atoms. The van der Waals surface area contributed by atoms with Gasteiger partial charge in [-0.05, 0) is 0 Å². The van der Waals surface area contributed by atoms with E-state index in [0.717, 1.165) is 0 Å². The third-order valence-corrected chi connectivity index (χ3v) is 2.60. The molecule has 0 aromatic heterocycles. The third kappa shape index (κ3) is 0.736. The van der Waals surface area contributed by atoms with E-state index >= 15 is 0 Å². The standard InChI is InChI=1S/C4H5O3P/c5-3-1-2-4(6)8(3)7/h8H,1-2H2. The van der Waals surface area contributed by atoms with Gasteiger partial charge in [0.2, 0.25) is 0 Å². The molecule has 1 rings (SSSR count). The molecule has 1 aliphatic rings. The topological polar surface area (TPSA) is 51.2 Å². The Balaban J connectivity index is 2.86. The van der Waals surface area contributed by atoms with Crippen LogP contribution in [0.2, 0.25) is 0 Å². The lowest BCUT2D eigenvalue weighted by molar-refractivity contribution is -0.112. The Morgan fingerprint density at radius 2 is 1.50 bits per heavy atom. The first-order valence-electron chi connectivity index (χ1n) is 2.32. The lowest BCUT2D eigenvalue weighted by Gasteiger charge is -1.75. The van der Waals surface area contributed by atoms with Crippen LogP contribution >= 0.6 is 7.80 Å². The lowest BCUT2D eigenvalue weighted by Crippen LogP contribution is -1.78. The molecule has 1 saturated heterocycles. The van der Waals surface area contributed by atoms with Crippen LogP contribution in [0.15, 0.2) is 0 Å². The second-order valence-corrected chi connectivity index (χ2v) is 3.45. The van der Waals surface area contributed by atoms with Crippen LogP contribution in [0.3, 0.4) is 0 Å². The summed E-state index contributed by atoms with van der Waals surface area (Å²) >= 11 is 0. The van der Waals surface area contributed by atoms with Gasteiger partial charge in [-0.2, -0.15) is 0 Å². The zero-order valence-electron chi connectivity index (χ0n) is 4.14. The minimum Gasteiger partial charge on any atom is -0.311 e. The number of hydrogen-bond donors (Lipinski definition) is 0. The highest BCUT2D eigenvalue weighted by Crippen LogP contribution is 2.34.